The molecule has 1 aromatic heterocycles. The van der Waals surface area contributed by atoms with E-state index in [2.05, 4.69) is 15.0 Å². The van der Waals surface area contributed by atoms with Gasteiger partial charge in [0.1, 0.15) is 5.60 Å². The van der Waals surface area contributed by atoms with E-state index in [1.54, 1.807) is 25.5 Å². The van der Waals surface area contributed by atoms with Crippen molar-refractivity contribution in [1.82, 2.24) is 14.4 Å². The first kappa shape index (κ1) is 24.8. The van der Waals surface area contributed by atoms with Crippen LogP contribution in [0.25, 0.3) is 11.3 Å². The molecule has 0 aliphatic carbocycles. The molecule has 0 bridgehead atoms. The Labute approximate surface area is 186 Å². The molecule has 1 heterocycles. The monoisotopic (exact) mass is 468 g/mol. The Morgan fingerprint density at radius 1 is 1.10 bits per heavy atom. The third kappa shape index (κ3) is 9.90. The van der Waals surface area contributed by atoms with Gasteiger partial charge in [-0.15, -0.1) is 11.3 Å². The Balaban J connectivity index is 1.62. The standard InChI is InChI=1S/C20H28N4O5S2/c1-20(2,3)29-19(26)24-31(27,28)21-13-9-5-8-12-17(25)23-18-22-16(14-30-18)15-10-6-4-7-11-15/h4,6-7,10-11,14,21H,5,8-9,12-13H2,1-3H3,(H,24,26)(H,22,23,25). The van der Waals surface area contributed by atoms with Crippen LogP contribution in [-0.2, 0) is 19.7 Å². The minimum absolute atomic E-state index is 0.138. The van der Waals surface area contributed by atoms with Crippen LogP contribution in [-0.4, -0.2) is 37.5 Å². The normalized spacial score (nSPS) is 11.7. The number of unbranched alkanes of at least 4 members (excludes halogenated alkanes) is 2. The van der Waals surface area contributed by atoms with Gasteiger partial charge in [0, 0.05) is 23.9 Å². The first-order valence-corrected chi connectivity index (χ1v) is 12.2. The van der Waals surface area contributed by atoms with Crippen LogP contribution in [0.2, 0.25) is 0 Å². The van der Waals surface area contributed by atoms with Crippen molar-refractivity contribution in [3.8, 4) is 11.3 Å². The second-order valence-corrected chi connectivity index (χ2v) is 10.1. The second kappa shape index (κ2) is 11.2. The topological polar surface area (TPSA) is 126 Å². The lowest BCUT2D eigenvalue weighted by atomic mass is 10.2. The van der Waals surface area contributed by atoms with Gasteiger partial charge in [0.2, 0.25) is 5.91 Å². The lowest BCUT2D eigenvalue weighted by molar-refractivity contribution is -0.116. The molecule has 2 rings (SSSR count). The molecular weight excluding hydrogens is 440 g/mol. The van der Waals surface area contributed by atoms with Crippen LogP contribution >= 0.6 is 11.3 Å². The summed E-state index contributed by atoms with van der Waals surface area (Å²) in [5.41, 5.74) is 1.01. The molecule has 0 unspecified atom stereocenters. The number of rotatable bonds is 10. The number of hydrogen-bond donors (Lipinski definition) is 3. The zero-order chi connectivity index (χ0) is 22.9. The Morgan fingerprint density at radius 3 is 2.48 bits per heavy atom. The Hall–Kier alpha value is -2.50. The molecule has 0 atom stereocenters. The van der Waals surface area contributed by atoms with Gasteiger partial charge in [-0.3, -0.25) is 4.79 Å². The summed E-state index contributed by atoms with van der Waals surface area (Å²) in [4.78, 5) is 28.0. The molecule has 0 spiro atoms. The number of carbonyl (C=O) groups is 2. The molecule has 3 N–H and O–H groups in total. The summed E-state index contributed by atoms with van der Waals surface area (Å²) in [6, 6.07) is 9.71. The summed E-state index contributed by atoms with van der Waals surface area (Å²) in [5.74, 6) is -0.138. The average molecular weight is 469 g/mol. The van der Waals surface area contributed by atoms with Crippen LogP contribution < -0.4 is 14.8 Å². The molecule has 0 aliphatic heterocycles. The van der Waals surface area contributed by atoms with Crippen LogP contribution in [0.3, 0.4) is 0 Å². The van der Waals surface area contributed by atoms with Crippen LogP contribution in [0.4, 0.5) is 9.93 Å². The van der Waals surface area contributed by atoms with E-state index in [1.807, 2.05) is 35.7 Å². The predicted octanol–water partition coefficient (Wildman–Crippen LogP) is 3.67. The Morgan fingerprint density at radius 2 is 1.81 bits per heavy atom. The molecule has 31 heavy (non-hydrogen) atoms. The molecule has 170 valence electrons. The van der Waals surface area contributed by atoms with Gasteiger partial charge >= 0.3 is 16.3 Å². The van der Waals surface area contributed by atoms with Crippen molar-refractivity contribution in [3.63, 3.8) is 0 Å². The first-order valence-electron chi connectivity index (χ1n) is 9.85. The summed E-state index contributed by atoms with van der Waals surface area (Å²) in [6.07, 6.45) is 1.05. The fourth-order valence-electron chi connectivity index (χ4n) is 2.49. The van der Waals surface area contributed by atoms with Gasteiger partial charge in [0.25, 0.3) is 0 Å². The molecule has 0 radical (unpaired) electrons. The maximum absolute atomic E-state index is 12.1. The Kier molecular flexibility index (Phi) is 8.96. The van der Waals surface area contributed by atoms with Crippen LogP contribution in [0, 0.1) is 0 Å². The summed E-state index contributed by atoms with van der Waals surface area (Å²) >= 11 is 1.37. The van der Waals surface area contributed by atoms with E-state index in [1.165, 1.54) is 11.3 Å². The van der Waals surface area contributed by atoms with Crippen molar-refractivity contribution in [1.29, 1.82) is 0 Å². The lowest BCUT2D eigenvalue weighted by Crippen LogP contribution is -2.43. The van der Waals surface area contributed by atoms with Gasteiger partial charge in [0.05, 0.1) is 5.69 Å². The third-order valence-corrected chi connectivity index (χ3v) is 5.59. The van der Waals surface area contributed by atoms with Crippen LogP contribution in [0.1, 0.15) is 46.5 Å². The van der Waals surface area contributed by atoms with Gasteiger partial charge in [-0.05, 0) is 33.6 Å². The maximum atomic E-state index is 12.1. The summed E-state index contributed by atoms with van der Waals surface area (Å²) in [7, 11) is -3.98. The minimum Gasteiger partial charge on any atom is -0.443 e. The van der Waals surface area contributed by atoms with Gasteiger partial charge < -0.3 is 10.1 Å². The van der Waals surface area contributed by atoms with Gasteiger partial charge in [-0.2, -0.15) is 13.1 Å². The fourth-order valence-corrected chi connectivity index (χ4v) is 3.98. The molecule has 2 aromatic rings. The summed E-state index contributed by atoms with van der Waals surface area (Å²) < 4.78 is 32.5. The number of carbonyl (C=O) groups excluding carboxylic acids is 2. The van der Waals surface area contributed by atoms with Crippen molar-refractivity contribution in [2.45, 2.75) is 52.1 Å². The average Bonchev–Trinajstić information content (AvgIpc) is 3.11. The van der Waals surface area contributed by atoms with E-state index in [-0.39, 0.29) is 12.5 Å². The number of hydrogen-bond acceptors (Lipinski definition) is 7. The highest BCUT2D eigenvalue weighted by Crippen LogP contribution is 2.24. The number of nitrogens with one attached hydrogen (secondary N) is 3. The van der Waals surface area contributed by atoms with E-state index >= 15 is 0 Å². The molecular formula is C20H28N4O5S2. The number of aromatic nitrogens is 1. The van der Waals surface area contributed by atoms with Crippen molar-refractivity contribution < 1.29 is 22.7 Å². The van der Waals surface area contributed by atoms with E-state index in [0.29, 0.717) is 30.8 Å². The minimum atomic E-state index is -3.98. The van der Waals surface area contributed by atoms with Crippen molar-refractivity contribution >= 4 is 38.7 Å². The van der Waals surface area contributed by atoms with Crippen LogP contribution in [0.5, 0.6) is 0 Å². The van der Waals surface area contributed by atoms with Gasteiger partial charge in [-0.25, -0.2) is 14.5 Å². The quantitative estimate of drug-likeness (QED) is 0.457. The molecule has 11 heteroatoms. The molecule has 0 fully saturated rings. The zero-order valence-corrected chi connectivity index (χ0v) is 19.4. The van der Waals surface area contributed by atoms with Crippen molar-refractivity contribution in [2.75, 3.05) is 11.9 Å². The molecule has 0 aliphatic rings. The van der Waals surface area contributed by atoms with Crippen LogP contribution in [0.15, 0.2) is 35.7 Å². The molecule has 9 nitrogen and oxygen atoms in total. The number of ether oxygens (including phenoxy) is 1. The number of anilines is 1. The SMILES string of the molecule is CC(C)(C)OC(=O)NS(=O)(=O)NCCCCCC(=O)Nc1nc(-c2ccccc2)cs1. The smallest absolute Gasteiger partial charge is 0.422 e. The van der Waals surface area contributed by atoms with Gasteiger partial charge in [-0.1, -0.05) is 36.8 Å². The largest absolute Gasteiger partial charge is 0.443 e. The highest BCUT2D eigenvalue weighted by Gasteiger charge is 2.20. The molecule has 0 saturated carbocycles. The molecule has 0 saturated heterocycles. The molecule has 2 amide bonds. The number of thiazole rings is 1. The second-order valence-electron chi connectivity index (χ2n) is 7.76. The predicted molar refractivity (Wildman–Crippen MR) is 121 cm³/mol. The van der Waals surface area contributed by atoms with E-state index < -0.39 is 21.9 Å². The van der Waals surface area contributed by atoms with E-state index in [0.717, 1.165) is 11.3 Å². The fraction of sp³-hybridized carbons (Fsp3) is 0.450. The number of amides is 2. The first-order chi connectivity index (χ1) is 14.5. The summed E-state index contributed by atoms with van der Waals surface area (Å²) in [6.45, 7) is 5.06. The number of nitrogens with zero attached hydrogens (tertiary/aromatic N) is 1. The van der Waals surface area contributed by atoms with E-state index in [4.69, 9.17) is 4.74 Å². The third-order valence-electron chi connectivity index (χ3n) is 3.81. The maximum Gasteiger partial charge on any atom is 0.422 e. The van der Waals surface area contributed by atoms with Gasteiger partial charge in [0.15, 0.2) is 5.13 Å². The summed E-state index contributed by atoms with van der Waals surface area (Å²) in [5, 5.41) is 5.22. The van der Waals surface area contributed by atoms with Crippen molar-refractivity contribution in [3.05, 3.63) is 35.7 Å². The van der Waals surface area contributed by atoms with E-state index in [9.17, 15) is 18.0 Å². The molecule has 1 aromatic carbocycles. The number of benzene rings is 1. The zero-order valence-electron chi connectivity index (χ0n) is 17.8. The van der Waals surface area contributed by atoms with Crippen molar-refractivity contribution in [2.24, 2.45) is 0 Å². The highest BCUT2D eigenvalue weighted by molar-refractivity contribution is 7.88. The lowest BCUT2D eigenvalue weighted by Gasteiger charge is -2.19. The Bertz CT molecular complexity index is 969. The highest BCUT2D eigenvalue weighted by atomic mass is 32.2.